The van der Waals surface area contributed by atoms with Crippen LogP contribution in [0.25, 0.3) is 16.7 Å². The van der Waals surface area contributed by atoms with Crippen LogP contribution in [-0.2, 0) is 5.88 Å². The third-order valence-corrected chi connectivity index (χ3v) is 4.20. The smallest absolute Gasteiger partial charge is 0.151 e. The lowest BCUT2D eigenvalue weighted by atomic mass is 10.2. The molecule has 108 valence electrons. The van der Waals surface area contributed by atoms with E-state index in [1.54, 1.807) is 12.1 Å². The van der Waals surface area contributed by atoms with Crippen molar-refractivity contribution in [2.45, 2.75) is 5.88 Å². The fourth-order valence-corrected chi connectivity index (χ4v) is 3.12. The first-order chi connectivity index (χ1) is 10.0. The molecular formula is C14H7Br2ClF2N2. The minimum atomic E-state index is -0.687. The first-order valence-corrected chi connectivity index (χ1v) is 8.01. The standard InChI is InChI=1S/C14H7Br2ClF2N2/c15-7-1-2-11-12(5-7)21(13(6-17)20-11)14-9(18)3-8(16)4-10(14)19/h1-5H,6H2. The number of halogens is 5. The average molecular weight is 436 g/mol. The van der Waals surface area contributed by atoms with Gasteiger partial charge in [-0.15, -0.1) is 11.6 Å². The number of hydrogen-bond acceptors (Lipinski definition) is 1. The average Bonchev–Trinajstić information content (AvgIpc) is 2.76. The summed E-state index contributed by atoms with van der Waals surface area (Å²) in [5, 5.41) is 0. The summed E-state index contributed by atoms with van der Waals surface area (Å²) in [7, 11) is 0. The molecular weight excluding hydrogens is 429 g/mol. The van der Waals surface area contributed by atoms with Crippen LogP contribution in [0.2, 0.25) is 0 Å². The van der Waals surface area contributed by atoms with Gasteiger partial charge >= 0.3 is 0 Å². The van der Waals surface area contributed by atoms with Crippen molar-refractivity contribution in [3.63, 3.8) is 0 Å². The fourth-order valence-electron chi connectivity index (χ4n) is 2.19. The van der Waals surface area contributed by atoms with Gasteiger partial charge in [0.15, 0.2) is 11.6 Å². The van der Waals surface area contributed by atoms with Gasteiger partial charge in [-0.2, -0.15) is 0 Å². The first kappa shape index (κ1) is 14.9. The predicted octanol–water partition coefficient (Wildman–Crippen LogP) is 5.57. The van der Waals surface area contributed by atoms with Crippen LogP contribution in [0.3, 0.4) is 0 Å². The van der Waals surface area contributed by atoms with Crippen molar-refractivity contribution in [3.05, 3.63) is 56.7 Å². The number of fused-ring (bicyclic) bond motifs is 1. The van der Waals surface area contributed by atoms with Crippen LogP contribution in [0.1, 0.15) is 5.82 Å². The van der Waals surface area contributed by atoms with E-state index in [1.807, 2.05) is 6.07 Å². The first-order valence-electron chi connectivity index (χ1n) is 5.89. The fraction of sp³-hybridized carbons (Fsp3) is 0.0714. The molecule has 0 fully saturated rings. The van der Waals surface area contributed by atoms with E-state index in [4.69, 9.17) is 11.6 Å². The van der Waals surface area contributed by atoms with E-state index in [0.717, 1.165) is 4.47 Å². The number of aromatic nitrogens is 2. The Labute approximate surface area is 141 Å². The van der Waals surface area contributed by atoms with Crippen molar-refractivity contribution in [1.82, 2.24) is 9.55 Å². The van der Waals surface area contributed by atoms with Gasteiger partial charge in [0.1, 0.15) is 11.5 Å². The van der Waals surface area contributed by atoms with Crippen LogP contribution in [0.5, 0.6) is 0 Å². The molecule has 3 rings (SSSR count). The molecule has 3 aromatic rings. The molecule has 0 N–H and O–H groups in total. The van der Waals surface area contributed by atoms with Gasteiger partial charge in [0.05, 0.1) is 16.9 Å². The van der Waals surface area contributed by atoms with Crippen molar-refractivity contribution < 1.29 is 8.78 Å². The Morgan fingerprint density at radius 3 is 2.33 bits per heavy atom. The topological polar surface area (TPSA) is 17.8 Å². The van der Waals surface area contributed by atoms with E-state index in [1.165, 1.54) is 16.7 Å². The van der Waals surface area contributed by atoms with Crippen LogP contribution in [-0.4, -0.2) is 9.55 Å². The molecule has 7 heteroatoms. The molecule has 0 aliphatic carbocycles. The Bertz CT molecular complexity index is 825. The minimum Gasteiger partial charge on any atom is -0.290 e. The van der Waals surface area contributed by atoms with Crippen molar-refractivity contribution >= 4 is 54.5 Å². The molecule has 1 aromatic heterocycles. The van der Waals surface area contributed by atoms with Gasteiger partial charge in [-0.25, -0.2) is 13.8 Å². The van der Waals surface area contributed by atoms with Gasteiger partial charge in [-0.1, -0.05) is 31.9 Å². The van der Waals surface area contributed by atoms with E-state index >= 15 is 0 Å². The Kier molecular flexibility index (Phi) is 4.03. The molecule has 0 saturated heterocycles. The third-order valence-electron chi connectivity index (χ3n) is 3.01. The van der Waals surface area contributed by atoms with Crippen LogP contribution in [0.15, 0.2) is 39.3 Å². The third kappa shape index (κ3) is 2.60. The molecule has 0 aliphatic heterocycles. The number of imidazole rings is 1. The second-order valence-corrected chi connectivity index (χ2v) is 6.45. The van der Waals surface area contributed by atoms with E-state index in [0.29, 0.717) is 21.3 Å². The highest BCUT2D eigenvalue weighted by atomic mass is 79.9. The Morgan fingerprint density at radius 2 is 1.71 bits per heavy atom. The number of rotatable bonds is 2. The van der Waals surface area contributed by atoms with Gasteiger partial charge < -0.3 is 0 Å². The summed E-state index contributed by atoms with van der Waals surface area (Å²) in [6, 6.07) is 7.74. The summed E-state index contributed by atoms with van der Waals surface area (Å²) in [5.41, 5.74) is 1.02. The maximum Gasteiger partial charge on any atom is 0.151 e. The van der Waals surface area contributed by atoms with E-state index in [-0.39, 0.29) is 11.6 Å². The maximum absolute atomic E-state index is 14.2. The molecule has 2 nitrogen and oxygen atoms in total. The Morgan fingerprint density at radius 1 is 1.05 bits per heavy atom. The highest BCUT2D eigenvalue weighted by Crippen LogP contribution is 2.30. The molecule has 2 aromatic carbocycles. The zero-order valence-corrected chi connectivity index (χ0v) is 14.3. The van der Waals surface area contributed by atoms with E-state index in [9.17, 15) is 8.78 Å². The van der Waals surface area contributed by atoms with Crippen LogP contribution >= 0.6 is 43.5 Å². The summed E-state index contributed by atoms with van der Waals surface area (Å²) in [6.45, 7) is 0. The van der Waals surface area contributed by atoms with Crippen LogP contribution in [0.4, 0.5) is 8.78 Å². The highest BCUT2D eigenvalue weighted by molar-refractivity contribution is 9.10. The van der Waals surface area contributed by atoms with E-state index in [2.05, 4.69) is 36.8 Å². The molecule has 0 aliphatic rings. The van der Waals surface area contributed by atoms with Crippen molar-refractivity contribution in [2.75, 3.05) is 0 Å². The van der Waals surface area contributed by atoms with Crippen LogP contribution < -0.4 is 0 Å². The van der Waals surface area contributed by atoms with Gasteiger partial charge in [0.25, 0.3) is 0 Å². The van der Waals surface area contributed by atoms with Crippen molar-refractivity contribution in [1.29, 1.82) is 0 Å². The SMILES string of the molecule is Fc1cc(Br)cc(F)c1-n1c(CCl)nc2ccc(Br)cc21. The normalized spacial score (nSPS) is 11.3. The van der Waals surface area contributed by atoms with Crippen LogP contribution in [0, 0.1) is 11.6 Å². The highest BCUT2D eigenvalue weighted by Gasteiger charge is 2.19. The molecule has 0 bridgehead atoms. The maximum atomic E-state index is 14.2. The molecule has 0 atom stereocenters. The van der Waals surface area contributed by atoms with E-state index < -0.39 is 11.6 Å². The minimum absolute atomic E-state index is 0.0429. The summed E-state index contributed by atoms with van der Waals surface area (Å²) < 4.78 is 31.0. The lowest BCUT2D eigenvalue weighted by Crippen LogP contribution is -2.05. The van der Waals surface area contributed by atoms with Gasteiger partial charge in [-0.3, -0.25) is 4.57 Å². The zero-order chi connectivity index (χ0) is 15.1. The molecule has 21 heavy (non-hydrogen) atoms. The second kappa shape index (κ2) is 5.66. The zero-order valence-electron chi connectivity index (χ0n) is 10.4. The Hall–Kier alpha value is -0.980. The molecule has 0 saturated carbocycles. The quantitative estimate of drug-likeness (QED) is 0.481. The summed E-state index contributed by atoms with van der Waals surface area (Å²) in [6.07, 6.45) is 0. The predicted molar refractivity (Wildman–Crippen MR) is 85.9 cm³/mol. The lowest BCUT2D eigenvalue weighted by Gasteiger charge is -2.11. The van der Waals surface area contributed by atoms with Gasteiger partial charge in [0.2, 0.25) is 0 Å². The summed E-state index contributed by atoms with van der Waals surface area (Å²) >= 11 is 12.3. The largest absolute Gasteiger partial charge is 0.290 e. The molecule has 1 heterocycles. The monoisotopic (exact) mass is 434 g/mol. The number of hydrogen-bond donors (Lipinski definition) is 0. The summed E-state index contributed by atoms with van der Waals surface area (Å²) in [5.74, 6) is -0.953. The number of nitrogens with zero attached hydrogens (tertiary/aromatic N) is 2. The number of benzene rings is 2. The molecule has 0 spiro atoms. The number of alkyl halides is 1. The lowest BCUT2D eigenvalue weighted by molar-refractivity contribution is 0.567. The van der Waals surface area contributed by atoms with Gasteiger partial charge in [0, 0.05) is 8.95 Å². The molecule has 0 amide bonds. The van der Waals surface area contributed by atoms with Crippen molar-refractivity contribution in [3.8, 4) is 5.69 Å². The second-order valence-electron chi connectivity index (χ2n) is 4.35. The molecule has 0 radical (unpaired) electrons. The summed E-state index contributed by atoms with van der Waals surface area (Å²) in [4.78, 5) is 4.32. The van der Waals surface area contributed by atoms with Crippen molar-refractivity contribution in [2.24, 2.45) is 0 Å². The Balaban J connectivity index is 2.41. The molecule has 0 unspecified atom stereocenters. The van der Waals surface area contributed by atoms with Gasteiger partial charge in [-0.05, 0) is 30.3 Å².